The fourth-order valence-electron chi connectivity index (χ4n) is 4.22. The number of rotatable bonds is 4. The third-order valence-corrected chi connectivity index (χ3v) is 6.69. The number of ketones is 1. The van der Waals surface area contributed by atoms with Gasteiger partial charge in [-0.25, -0.2) is 0 Å². The number of amides is 1. The number of phenolic OH excluding ortho intramolecular Hbond substituents is 1. The number of methoxy groups -OCH3 is 1. The second kappa shape index (κ2) is 9.52. The Kier molecular flexibility index (Phi) is 6.78. The van der Waals surface area contributed by atoms with Gasteiger partial charge in [-0.2, -0.15) is 0 Å². The van der Waals surface area contributed by atoms with Crippen molar-refractivity contribution in [2.45, 2.75) is 32.2 Å². The molecule has 1 aliphatic rings. The number of phenols is 1. The molecule has 4 rings (SSSR count). The Labute approximate surface area is 219 Å². The molecule has 0 aromatic heterocycles. The summed E-state index contributed by atoms with van der Waals surface area (Å²) in [6.07, 6.45) is 0. The quantitative estimate of drug-likeness (QED) is 0.226. The highest BCUT2D eigenvalue weighted by molar-refractivity contribution is 6.52. The minimum Gasteiger partial charge on any atom is -0.507 e. The molecule has 186 valence electrons. The molecule has 1 unspecified atom stereocenters. The molecule has 36 heavy (non-hydrogen) atoms. The van der Waals surface area contributed by atoms with E-state index < -0.39 is 23.5 Å². The van der Waals surface area contributed by atoms with Crippen LogP contribution >= 0.6 is 23.2 Å². The number of halogens is 2. The first-order valence-electron chi connectivity index (χ1n) is 11.2. The Morgan fingerprint density at radius 3 is 2.22 bits per heavy atom. The summed E-state index contributed by atoms with van der Waals surface area (Å²) in [5.41, 5.74) is 1.67. The fraction of sp³-hybridized carbons (Fsp3) is 0.214. The van der Waals surface area contributed by atoms with E-state index in [-0.39, 0.29) is 38.0 Å². The summed E-state index contributed by atoms with van der Waals surface area (Å²) in [6, 6.07) is 15.2. The topological polar surface area (TPSA) is 87.1 Å². The van der Waals surface area contributed by atoms with E-state index in [1.165, 1.54) is 31.4 Å². The maximum absolute atomic E-state index is 13.3. The number of aliphatic hydroxyl groups excluding tert-OH is 1. The largest absolute Gasteiger partial charge is 0.507 e. The molecule has 0 bridgehead atoms. The number of anilines is 1. The zero-order chi connectivity index (χ0) is 26.4. The lowest BCUT2D eigenvalue weighted by Crippen LogP contribution is -2.29. The van der Waals surface area contributed by atoms with E-state index in [0.717, 1.165) is 10.5 Å². The molecule has 1 atom stereocenters. The summed E-state index contributed by atoms with van der Waals surface area (Å²) in [6.45, 7) is 6.22. The third kappa shape index (κ3) is 4.54. The van der Waals surface area contributed by atoms with Crippen molar-refractivity contribution >= 4 is 46.3 Å². The average molecular weight is 526 g/mol. The highest BCUT2D eigenvalue weighted by atomic mass is 35.5. The number of carbonyl (C=O) groups is 2. The molecular formula is C28H25Cl2NO5. The highest BCUT2D eigenvalue weighted by Gasteiger charge is 2.47. The highest BCUT2D eigenvalue weighted by Crippen LogP contribution is 2.46. The predicted octanol–water partition coefficient (Wildman–Crippen LogP) is 6.63. The molecule has 1 saturated heterocycles. The molecule has 1 aliphatic heterocycles. The summed E-state index contributed by atoms with van der Waals surface area (Å²) in [7, 11) is 1.46. The van der Waals surface area contributed by atoms with E-state index in [1.54, 1.807) is 24.3 Å². The van der Waals surface area contributed by atoms with Gasteiger partial charge in [0.25, 0.3) is 11.7 Å². The zero-order valence-electron chi connectivity index (χ0n) is 20.2. The van der Waals surface area contributed by atoms with Crippen molar-refractivity contribution in [2.75, 3.05) is 12.0 Å². The molecule has 0 radical (unpaired) electrons. The van der Waals surface area contributed by atoms with Crippen molar-refractivity contribution < 1.29 is 24.5 Å². The third-order valence-electron chi connectivity index (χ3n) is 6.16. The summed E-state index contributed by atoms with van der Waals surface area (Å²) in [5.74, 6) is -2.04. The van der Waals surface area contributed by atoms with Crippen LogP contribution in [0.1, 0.15) is 43.5 Å². The van der Waals surface area contributed by atoms with E-state index in [9.17, 15) is 19.8 Å². The van der Waals surface area contributed by atoms with Gasteiger partial charge in [-0.1, -0.05) is 68.2 Å². The SMILES string of the molecule is COc1ccc(/C(O)=C2\C(=O)C(=O)N(c3cc(Cl)ccc3O)C2c2ccc(C(C)(C)C)cc2)cc1Cl. The van der Waals surface area contributed by atoms with Crippen molar-refractivity contribution in [2.24, 2.45) is 0 Å². The molecule has 1 amide bonds. The Morgan fingerprint density at radius 2 is 1.64 bits per heavy atom. The second-order valence-corrected chi connectivity index (χ2v) is 10.4. The van der Waals surface area contributed by atoms with Gasteiger partial charge in [0.2, 0.25) is 0 Å². The first-order chi connectivity index (χ1) is 16.9. The van der Waals surface area contributed by atoms with Gasteiger partial charge in [0.1, 0.15) is 17.3 Å². The van der Waals surface area contributed by atoms with Crippen molar-refractivity contribution in [1.82, 2.24) is 0 Å². The van der Waals surface area contributed by atoms with Crippen LogP contribution in [0.2, 0.25) is 10.0 Å². The van der Waals surface area contributed by atoms with Crippen LogP contribution in [0.25, 0.3) is 5.76 Å². The van der Waals surface area contributed by atoms with Crippen LogP contribution in [-0.4, -0.2) is 29.0 Å². The molecule has 3 aromatic rings. The summed E-state index contributed by atoms with van der Waals surface area (Å²) in [4.78, 5) is 27.8. The van der Waals surface area contributed by atoms with Crippen molar-refractivity contribution in [1.29, 1.82) is 0 Å². The number of hydrogen-bond donors (Lipinski definition) is 2. The lowest BCUT2D eigenvalue weighted by atomic mass is 9.85. The summed E-state index contributed by atoms with van der Waals surface area (Å²) in [5, 5.41) is 22.4. The normalized spacial score (nSPS) is 17.5. The first-order valence-corrected chi connectivity index (χ1v) is 11.9. The molecular weight excluding hydrogens is 501 g/mol. The van der Waals surface area contributed by atoms with Crippen LogP contribution < -0.4 is 9.64 Å². The van der Waals surface area contributed by atoms with Gasteiger partial charge in [0.05, 0.1) is 29.4 Å². The molecule has 1 heterocycles. The number of aliphatic hydroxyl groups is 1. The van der Waals surface area contributed by atoms with E-state index in [1.807, 2.05) is 12.1 Å². The Hall–Kier alpha value is -3.48. The monoisotopic (exact) mass is 525 g/mol. The van der Waals surface area contributed by atoms with Crippen molar-refractivity contribution in [3.05, 3.63) is 93.0 Å². The van der Waals surface area contributed by atoms with Gasteiger partial charge in [0.15, 0.2) is 0 Å². The number of carbonyl (C=O) groups excluding carboxylic acids is 2. The zero-order valence-corrected chi connectivity index (χ0v) is 21.7. The van der Waals surface area contributed by atoms with Gasteiger partial charge in [-0.3, -0.25) is 14.5 Å². The number of nitrogens with zero attached hydrogens (tertiary/aromatic N) is 1. The summed E-state index contributed by atoms with van der Waals surface area (Å²) >= 11 is 12.4. The Morgan fingerprint density at radius 1 is 0.972 bits per heavy atom. The molecule has 6 nitrogen and oxygen atoms in total. The van der Waals surface area contributed by atoms with E-state index >= 15 is 0 Å². The second-order valence-electron chi connectivity index (χ2n) is 9.52. The van der Waals surface area contributed by atoms with E-state index in [0.29, 0.717) is 11.3 Å². The Bertz CT molecular complexity index is 1390. The number of ether oxygens (including phenoxy) is 1. The lowest BCUT2D eigenvalue weighted by molar-refractivity contribution is -0.132. The lowest BCUT2D eigenvalue weighted by Gasteiger charge is -2.27. The Balaban J connectivity index is 1.96. The van der Waals surface area contributed by atoms with Crippen LogP contribution in [0.3, 0.4) is 0 Å². The van der Waals surface area contributed by atoms with Gasteiger partial charge in [-0.05, 0) is 52.9 Å². The van der Waals surface area contributed by atoms with E-state index in [2.05, 4.69) is 20.8 Å². The maximum atomic E-state index is 13.3. The molecule has 0 aliphatic carbocycles. The number of Topliss-reactive ketones (excluding diaryl/α,β-unsaturated/α-hetero) is 1. The average Bonchev–Trinajstić information content (AvgIpc) is 3.10. The summed E-state index contributed by atoms with van der Waals surface area (Å²) < 4.78 is 5.17. The van der Waals surface area contributed by atoms with Crippen LogP contribution in [0.5, 0.6) is 11.5 Å². The molecule has 8 heteroatoms. The van der Waals surface area contributed by atoms with Crippen molar-refractivity contribution in [3.63, 3.8) is 0 Å². The smallest absolute Gasteiger partial charge is 0.300 e. The fourth-order valence-corrected chi connectivity index (χ4v) is 4.64. The molecule has 0 spiro atoms. The minimum atomic E-state index is -1.02. The molecule has 1 fully saturated rings. The van der Waals surface area contributed by atoms with Crippen LogP contribution in [0, 0.1) is 0 Å². The molecule has 2 N–H and O–H groups in total. The standard InChI is InChI=1S/C28H25Cl2NO5/c1-28(2,3)17-8-5-15(6-9-17)24-23(25(33)16-7-12-22(36-4)19(30)13-16)26(34)27(35)31(24)20-14-18(29)10-11-21(20)32/h5-14,24,32-33H,1-4H3/b25-23+. The molecule has 0 saturated carbocycles. The van der Waals surface area contributed by atoms with Gasteiger partial charge in [0, 0.05) is 10.6 Å². The molecule has 3 aromatic carbocycles. The minimum absolute atomic E-state index is 0.0568. The maximum Gasteiger partial charge on any atom is 0.300 e. The van der Waals surface area contributed by atoms with Crippen LogP contribution in [0.15, 0.2) is 66.2 Å². The predicted molar refractivity (Wildman–Crippen MR) is 141 cm³/mol. The van der Waals surface area contributed by atoms with Gasteiger partial charge < -0.3 is 14.9 Å². The number of hydrogen-bond acceptors (Lipinski definition) is 5. The van der Waals surface area contributed by atoms with E-state index in [4.69, 9.17) is 27.9 Å². The number of benzene rings is 3. The van der Waals surface area contributed by atoms with Gasteiger partial charge in [-0.15, -0.1) is 0 Å². The van der Waals surface area contributed by atoms with Crippen LogP contribution in [0.4, 0.5) is 5.69 Å². The first kappa shape index (κ1) is 25.6. The number of aromatic hydroxyl groups is 1. The van der Waals surface area contributed by atoms with Crippen molar-refractivity contribution in [3.8, 4) is 11.5 Å². The van der Waals surface area contributed by atoms with Gasteiger partial charge >= 0.3 is 0 Å². The van der Waals surface area contributed by atoms with Crippen LogP contribution in [-0.2, 0) is 15.0 Å².